The minimum atomic E-state index is -0.0290. The maximum absolute atomic E-state index is 5.45. The quantitative estimate of drug-likeness (QED) is 0.760. The Morgan fingerprint density at radius 3 is 2.62 bits per heavy atom. The molecule has 1 aliphatic heterocycles. The standard InChI is InChI=1S/C10H21NOS/c1-8-6-11-10(4,13-8)7-9(2,3)12-5/h8,11H,6-7H2,1-5H3. The van der Waals surface area contributed by atoms with Gasteiger partial charge in [0.2, 0.25) is 0 Å². The Morgan fingerprint density at radius 2 is 2.23 bits per heavy atom. The Kier molecular flexibility index (Phi) is 3.31. The Bertz CT molecular complexity index is 184. The molecule has 0 aliphatic carbocycles. The van der Waals surface area contributed by atoms with E-state index >= 15 is 0 Å². The maximum atomic E-state index is 5.45. The van der Waals surface area contributed by atoms with Gasteiger partial charge in [0.25, 0.3) is 0 Å². The molecular formula is C10H21NOS. The Hall–Kier alpha value is 0.270. The Morgan fingerprint density at radius 1 is 1.62 bits per heavy atom. The molecule has 0 aromatic heterocycles. The van der Waals surface area contributed by atoms with Gasteiger partial charge in [-0.25, -0.2) is 0 Å². The van der Waals surface area contributed by atoms with Gasteiger partial charge in [-0.15, -0.1) is 11.8 Å². The number of ether oxygens (including phenoxy) is 1. The predicted molar refractivity (Wildman–Crippen MR) is 59.2 cm³/mol. The number of nitrogens with one attached hydrogen (secondary N) is 1. The smallest absolute Gasteiger partial charge is 0.0648 e. The second-order valence-corrected chi connectivity index (χ2v) is 6.62. The van der Waals surface area contributed by atoms with E-state index < -0.39 is 0 Å². The van der Waals surface area contributed by atoms with Crippen LogP contribution in [0.4, 0.5) is 0 Å². The van der Waals surface area contributed by atoms with E-state index in [4.69, 9.17) is 4.74 Å². The summed E-state index contributed by atoms with van der Waals surface area (Å²) in [4.78, 5) is 0.193. The van der Waals surface area contributed by atoms with Crippen molar-refractivity contribution in [2.75, 3.05) is 13.7 Å². The highest BCUT2D eigenvalue weighted by molar-refractivity contribution is 8.01. The fraction of sp³-hybridized carbons (Fsp3) is 1.00. The van der Waals surface area contributed by atoms with Gasteiger partial charge in [-0.1, -0.05) is 6.92 Å². The third kappa shape index (κ3) is 3.15. The minimum absolute atomic E-state index is 0.0290. The van der Waals surface area contributed by atoms with Crippen LogP contribution in [-0.2, 0) is 4.74 Å². The molecule has 3 heteroatoms. The van der Waals surface area contributed by atoms with Gasteiger partial charge in [-0.3, -0.25) is 0 Å². The summed E-state index contributed by atoms with van der Waals surface area (Å²) >= 11 is 2.02. The Labute approximate surface area is 85.8 Å². The lowest BCUT2D eigenvalue weighted by Gasteiger charge is -2.33. The summed E-state index contributed by atoms with van der Waals surface area (Å²) in [5.74, 6) is 0. The molecule has 2 nitrogen and oxygen atoms in total. The van der Waals surface area contributed by atoms with Gasteiger partial charge in [-0.05, 0) is 20.8 Å². The van der Waals surface area contributed by atoms with E-state index in [0.29, 0.717) is 0 Å². The average Bonchev–Trinajstić information content (AvgIpc) is 2.30. The highest BCUT2D eigenvalue weighted by Gasteiger charge is 2.38. The van der Waals surface area contributed by atoms with E-state index in [2.05, 4.69) is 33.0 Å². The monoisotopic (exact) mass is 203 g/mol. The molecular weight excluding hydrogens is 182 g/mol. The van der Waals surface area contributed by atoms with Crippen molar-refractivity contribution in [1.29, 1.82) is 0 Å². The van der Waals surface area contributed by atoms with Gasteiger partial charge in [0.1, 0.15) is 0 Å². The van der Waals surface area contributed by atoms with Crippen LogP contribution < -0.4 is 5.32 Å². The SMILES string of the molecule is COC(C)(C)CC1(C)NCC(C)S1. The molecule has 0 bridgehead atoms. The van der Waals surface area contributed by atoms with Crippen molar-refractivity contribution in [1.82, 2.24) is 5.32 Å². The van der Waals surface area contributed by atoms with Crippen LogP contribution in [0.15, 0.2) is 0 Å². The normalized spacial score (nSPS) is 35.3. The first-order valence-corrected chi connectivity index (χ1v) is 5.73. The van der Waals surface area contributed by atoms with Crippen LogP contribution in [0.5, 0.6) is 0 Å². The van der Waals surface area contributed by atoms with Crippen LogP contribution in [0.2, 0.25) is 0 Å². The largest absolute Gasteiger partial charge is 0.379 e. The summed E-state index contributed by atoms with van der Waals surface area (Å²) < 4.78 is 5.45. The maximum Gasteiger partial charge on any atom is 0.0648 e. The minimum Gasteiger partial charge on any atom is -0.379 e. The van der Waals surface area contributed by atoms with E-state index in [1.165, 1.54) is 0 Å². The molecule has 1 heterocycles. The molecule has 0 saturated carbocycles. The predicted octanol–water partition coefficient (Wildman–Crippen LogP) is 2.24. The highest BCUT2D eigenvalue weighted by Crippen LogP contribution is 2.38. The third-order valence-corrected chi connectivity index (χ3v) is 3.92. The summed E-state index contributed by atoms with van der Waals surface area (Å²) in [6.07, 6.45) is 1.05. The van der Waals surface area contributed by atoms with Crippen LogP contribution in [0.25, 0.3) is 0 Å². The molecule has 1 fully saturated rings. The van der Waals surface area contributed by atoms with Gasteiger partial charge in [0.15, 0.2) is 0 Å². The van der Waals surface area contributed by atoms with Crippen molar-refractivity contribution in [3.8, 4) is 0 Å². The van der Waals surface area contributed by atoms with E-state index in [-0.39, 0.29) is 10.5 Å². The lowest BCUT2D eigenvalue weighted by molar-refractivity contribution is 0.00598. The van der Waals surface area contributed by atoms with Crippen molar-refractivity contribution in [3.05, 3.63) is 0 Å². The topological polar surface area (TPSA) is 21.3 Å². The van der Waals surface area contributed by atoms with Crippen molar-refractivity contribution in [3.63, 3.8) is 0 Å². The molecule has 13 heavy (non-hydrogen) atoms. The summed E-state index contributed by atoms with van der Waals surface area (Å²) in [5, 5.41) is 4.28. The average molecular weight is 203 g/mol. The first-order chi connectivity index (χ1) is 5.87. The zero-order valence-electron chi connectivity index (χ0n) is 9.31. The molecule has 0 radical (unpaired) electrons. The van der Waals surface area contributed by atoms with E-state index in [0.717, 1.165) is 18.2 Å². The van der Waals surface area contributed by atoms with Crippen LogP contribution in [0, 0.1) is 0 Å². The number of methoxy groups -OCH3 is 1. The van der Waals surface area contributed by atoms with Crippen LogP contribution in [-0.4, -0.2) is 29.4 Å². The number of hydrogen-bond acceptors (Lipinski definition) is 3. The first-order valence-electron chi connectivity index (χ1n) is 4.85. The van der Waals surface area contributed by atoms with Crippen molar-refractivity contribution in [2.45, 2.75) is 49.8 Å². The second kappa shape index (κ2) is 3.79. The summed E-state index contributed by atoms with van der Waals surface area (Å²) in [5.41, 5.74) is -0.0290. The molecule has 1 rings (SSSR count). The van der Waals surface area contributed by atoms with Gasteiger partial charge in [0.05, 0.1) is 10.5 Å². The molecule has 0 amide bonds. The number of thioether (sulfide) groups is 1. The molecule has 1 N–H and O–H groups in total. The number of hydrogen-bond donors (Lipinski definition) is 1. The Balaban J connectivity index is 2.53. The van der Waals surface area contributed by atoms with E-state index in [1.54, 1.807) is 7.11 Å². The number of rotatable bonds is 3. The molecule has 0 aromatic carbocycles. The fourth-order valence-electron chi connectivity index (χ4n) is 1.88. The summed E-state index contributed by atoms with van der Waals surface area (Å²) in [6.45, 7) is 9.93. The summed E-state index contributed by atoms with van der Waals surface area (Å²) in [6, 6.07) is 0. The second-order valence-electron chi connectivity index (χ2n) is 4.68. The fourth-order valence-corrected chi connectivity index (χ4v) is 3.53. The van der Waals surface area contributed by atoms with Crippen molar-refractivity contribution >= 4 is 11.8 Å². The van der Waals surface area contributed by atoms with Crippen molar-refractivity contribution in [2.24, 2.45) is 0 Å². The lowest BCUT2D eigenvalue weighted by atomic mass is 9.99. The molecule has 2 unspecified atom stereocenters. The third-order valence-electron chi connectivity index (χ3n) is 2.54. The zero-order valence-corrected chi connectivity index (χ0v) is 10.1. The molecule has 0 aromatic rings. The van der Waals surface area contributed by atoms with Crippen LogP contribution in [0.1, 0.15) is 34.1 Å². The van der Waals surface area contributed by atoms with Crippen LogP contribution >= 0.6 is 11.8 Å². The highest BCUT2D eigenvalue weighted by atomic mass is 32.2. The molecule has 78 valence electrons. The first kappa shape index (κ1) is 11.3. The molecule has 2 atom stereocenters. The van der Waals surface area contributed by atoms with Crippen molar-refractivity contribution < 1.29 is 4.74 Å². The van der Waals surface area contributed by atoms with Gasteiger partial charge < -0.3 is 10.1 Å². The van der Waals surface area contributed by atoms with Gasteiger partial charge in [0, 0.05) is 25.3 Å². The lowest BCUT2D eigenvalue weighted by Crippen LogP contribution is -2.41. The molecule has 0 spiro atoms. The summed E-state index contributed by atoms with van der Waals surface area (Å²) in [7, 11) is 1.78. The van der Waals surface area contributed by atoms with Crippen LogP contribution in [0.3, 0.4) is 0 Å². The van der Waals surface area contributed by atoms with Gasteiger partial charge >= 0.3 is 0 Å². The van der Waals surface area contributed by atoms with Gasteiger partial charge in [-0.2, -0.15) is 0 Å². The molecule has 1 aliphatic rings. The van der Waals surface area contributed by atoms with E-state index in [9.17, 15) is 0 Å². The zero-order chi connectivity index (χ0) is 10.1. The molecule has 1 saturated heterocycles. The van der Waals surface area contributed by atoms with E-state index in [1.807, 2.05) is 11.8 Å².